The van der Waals surface area contributed by atoms with Crippen molar-refractivity contribution in [2.24, 2.45) is 0 Å². The number of nitrogens with zero attached hydrogens (tertiary/aromatic N) is 5. The van der Waals surface area contributed by atoms with Gasteiger partial charge in [0.25, 0.3) is 11.3 Å². The minimum absolute atomic E-state index is 0.0169. The summed E-state index contributed by atoms with van der Waals surface area (Å²) in [7, 11) is 1.48. The Kier molecular flexibility index (Phi) is 7.36. The van der Waals surface area contributed by atoms with Gasteiger partial charge in [0.2, 0.25) is 5.91 Å². The minimum Gasteiger partial charge on any atom is -0.496 e. The summed E-state index contributed by atoms with van der Waals surface area (Å²) in [5, 5.41) is 12.7. The predicted octanol–water partition coefficient (Wildman–Crippen LogP) is 2.12. The van der Waals surface area contributed by atoms with Gasteiger partial charge in [-0.2, -0.15) is 0 Å². The number of rotatable bonds is 9. The molecule has 4 heterocycles. The number of aromatic nitrogens is 2. The van der Waals surface area contributed by atoms with E-state index in [-0.39, 0.29) is 19.4 Å². The first kappa shape index (κ1) is 26.1. The summed E-state index contributed by atoms with van der Waals surface area (Å²) in [5.74, 6) is -0.943. The summed E-state index contributed by atoms with van der Waals surface area (Å²) in [4.78, 5) is 37.8. The standard InChI is InChI=1S/C24H28N6O6S2/c1-36-19-12-16-14(4-6-26-21(16)25)10-15(19)11-18(23(32)33)29-9-5-17(22(29)31)30(38(34)35)20-13-27-24(37-20)28-7-2-3-8-28/h4,6,10,12-13,17-18H,2-3,5,7-9,11H2,1H3,(H2,25,26)(H,32,33)(H,34,35)/t17-,18+/m0/s1. The van der Waals surface area contributed by atoms with Crippen molar-refractivity contribution in [3.8, 4) is 5.75 Å². The number of thiazole rings is 1. The average molecular weight is 561 g/mol. The molecule has 3 atom stereocenters. The molecule has 1 aromatic carbocycles. The van der Waals surface area contributed by atoms with Crippen molar-refractivity contribution in [1.82, 2.24) is 14.9 Å². The van der Waals surface area contributed by atoms with E-state index in [1.165, 1.54) is 29.5 Å². The highest BCUT2D eigenvalue weighted by atomic mass is 32.2. The number of nitrogen functional groups attached to an aromatic ring is 1. The lowest BCUT2D eigenvalue weighted by Crippen LogP contribution is -2.48. The van der Waals surface area contributed by atoms with Crippen LogP contribution in [0.15, 0.2) is 30.6 Å². The first-order chi connectivity index (χ1) is 18.3. The van der Waals surface area contributed by atoms with Crippen molar-refractivity contribution in [3.63, 3.8) is 0 Å². The van der Waals surface area contributed by atoms with Crippen LogP contribution in [0.25, 0.3) is 10.8 Å². The predicted molar refractivity (Wildman–Crippen MR) is 145 cm³/mol. The Morgan fingerprint density at radius 1 is 1.32 bits per heavy atom. The first-order valence-electron chi connectivity index (χ1n) is 12.1. The van der Waals surface area contributed by atoms with E-state index in [1.807, 2.05) is 0 Å². The monoisotopic (exact) mass is 560 g/mol. The third-order valence-electron chi connectivity index (χ3n) is 7.01. The summed E-state index contributed by atoms with van der Waals surface area (Å²) in [5.41, 5.74) is 6.57. The number of anilines is 3. The number of amides is 1. The molecule has 2 fully saturated rings. The van der Waals surface area contributed by atoms with Gasteiger partial charge in [-0.05, 0) is 48.4 Å². The van der Waals surface area contributed by atoms with Crippen molar-refractivity contribution < 1.29 is 28.2 Å². The fourth-order valence-corrected chi connectivity index (χ4v) is 6.97. The quantitative estimate of drug-likeness (QED) is 0.330. The van der Waals surface area contributed by atoms with Gasteiger partial charge in [-0.3, -0.25) is 9.35 Å². The molecule has 2 aromatic heterocycles. The zero-order chi connectivity index (χ0) is 27.0. The molecule has 0 saturated carbocycles. The van der Waals surface area contributed by atoms with Gasteiger partial charge < -0.3 is 25.4 Å². The number of carboxylic acids is 1. The molecule has 2 aliphatic heterocycles. The minimum atomic E-state index is -2.50. The lowest BCUT2D eigenvalue weighted by atomic mass is 10.00. The number of hydrogen-bond acceptors (Lipinski definition) is 9. The van der Waals surface area contributed by atoms with E-state index in [0.29, 0.717) is 27.5 Å². The van der Waals surface area contributed by atoms with Crippen molar-refractivity contribution in [3.05, 3.63) is 36.2 Å². The Balaban J connectivity index is 1.40. The van der Waals surface area contributed by atoms with Crippen LogP contribution in [0.4, 0.5) is 16.0 Å². The highest BCUT2D eigenvalue weighted by Crippen LogP contribution is 2.36. The van der Waals surface area contributed by atoms with Crippen molar-refractivity contribution in [2.45, 2.75) is 37.8 Å². The smallest absolute Gasteiger partial charge is 0.326 e. The molecule has 4 N–H and O–H groups in total. The fourth-order valence-electron chi connectivity index (χ4n) is 5.13. The van der Waals surface area contributed by atoms with Gasteiger partial charge in [0.05, 0.1) is 13.3 Å². The van der Waals surface area contributed by atoms with Gasteiger partial charge in [0.1, 0.15) is 28.7 Å². The molecule has 12 nitrogen and oxygen atoms in total. The highest BCUT2D eigenvalue weighted by Gasteiger charge is 2.44. The number of fused-ring (bicyclic) bond motifs is 1. The maximum Gasteiger partial charge on any atom is 0.326 e. The van der Waals surface area contributed by atoms with E-state index in [2.05, 4.69) is 14.9 Å². The first-order valence-corrected chi connectivity index (χ1v) is 14.0. The summed E-state index contributed by atoms with van der Waals surface area (Å²) in [6, 6.07) is 3.07. The van der Waals surface area contributed by atoms with Crippen molar-refractivity contribution in [1.29, 1.82) is 0 Å². The van der Waals surface area contributed by atoms with Crippen LogP contribution in [-0.4, -0.2) is 79.4 Å². The van der Waals surface area contributed by atoms with E-state index < -0.39 is 35.2 Å². The Bertz CT molecular complexity index is 1390. The molecule has 3 aromatic rings. The summed E-state index contributed by atoms with van der Waals surface area (Å²) in [6.45, 7) is 1.86. The molecule has 202 valence electrons. The molecular formula is C24H28N6O6S2. The second-order valence-corrected chi connectivity index (χ2v) is 11.0. The van der Waals surface area contributed by atoms with E-state index in [0.717, 1.165) is 40.8 Å². The second kappa shape index (κ2) is 10.7. The summed E-state index contributed by atoms with van der Waals surface area (Å²) < 4.78 is 29.1. The largest absolute Gasteiger partial charge is 0.496 e. The van der Waals surface area contributed by atoms with E-state index >= 15 is 0 Å². The molecule has 1 unspecified atom stereocenters. The molecule has 5 rings (SSSR count). The van der Waals surface area contributed by atoms with Crippen LogP contribution in [-0.2, 0) is 27.3 Å². The average Bonchev–Trinajstić information content (AvgIpc) is 3.65. The zero-order valence-electron chi connectivity index (χ0n) is 20.6. The van der Waals surface area contributed by atoms with Crippen LogP contribution in [0.3, 0.4) is 0 Å². The van der Waals surface area contributed by atoms with E-state index in [4.69, 9.17) is 10.5 Å². The molecule has 0 radical (unpaired) electrons. The SMILES string of the molecule is COc1cc2c(N)nccc2cc1C[C@H](C(=O)O)N1CC[C@H](N(c2cnc(N3CCCC3)s2)S(=O)O)C1=O. The number of methoxy groups -OCH3 is 1. The van der Waals surface area contributed by atoms with Crippen molar-refractivity contribution in [2.75, 3.05) is 41.7 Å². The zero-order valence-corrected chi connectivity index (χ0v) is 22.3. The number of aliphatic carboxylic acids is 1. The van der Waals surface area contributed by atoms with Gasteiger partial charge >= 0.3 is 5.97 Å². The van der Waals surface area contributed by atoms with Gasteiger partial charge in [-0.1, -0.05) is 11.3 Å². The number of hydrogen-bond donors (Lipinski definition) is 3. The van der Waals surface area contributed by atoms with Gasteiger partial charge in [-0.25, -0.2) is 23.3 Å². The van der Waals surface area contributed by atoms with Crippen LogP contribution in [0.5, 0.6) is 5.75 Å². The van der Waals surface area contributed by atoms with Crippen LogP contribution in [0, 0.1) is 0 Å². The molecule has 1 amide bonds. The maximum atomic E-state index is 13.5. The number of carbonyl (C=O) groups is 2. The Labute approximate surface area is 225 Å². The van der Waals surface area contributed by atoms with Crippen LogP contribution < -0.4 is 19.7 Å². The number of ether oxygens (including phenoxy) is 1. The number of nitrogens with two attached hydrogens (primary N) is 1. The summed E-state index contributed by atoms with van der Waals surface area (Å²) >= 11 is -1.25. The normalized spacial score (nSPS) is 19.2. The molecule has 0 aliphatic carbocycles. The summed E-state index contributed by atoms with van der Waals surface area (Å²) in [6.07, 6.45) is 5.36. The Morgan fingerprint density at radius 2 is 2.08 bits per heavy atom. The molecular weight excluding hydrogens is 532 g/mol. The molecule has 2 aliphatic rings. The molecule has 2 saturated heterocycles. The number of pyridine rings is 1. The third kappa shape index (κ3) is 4.86. The van der Waals surface area contributed by atoms with E-state index in [9.17, 15) is 23.5 Å². The van der Waals surface area contributed by atoms with Gasteiger partial charge in [0.15, 0.2) is 5.13 Å². The Hall–Kier alpha value is -3.49. The van der Waals surface area contributed by atoms with Gasteiger partial charge in [0, 0.05) is 37.6 Å². The molecule has 0 spiro atoms. The fraction of sp³-hybridized carbons (Fsp3) is 0.417. The van der Waals surface area contributed by atoms with Gasteiger partial charge in [-0.15, -0.1) is 0 Å². The highest BCUT2D eigenvalue weighted by molar-refractivity contribution is 7.81. The van der Waals surface area contributed by atoms with E-state index in [1.54, 1.807) is 24.4 Å². The van der Waals surface area contributed by atoms with Crippen LogP contribution >= 0.6 is 11.3 Å². The number of carboxylic acid groups (broad SMARTS) is 1. The lowest BCUT2D eigenvalue weighted by Gasteiger charge is -2.27. The second-order valence-electron chi connectivity index (χ2n) is 9.21. The molecule has 38 heavy (non-hydrogen) atoms. The maximum absolute atomic E-state index is 13.5. The number of benzene rings is 1. The lowest BCUT2D eigenvalue weighted by molar-refractivity contribution is -0.148. The Morgan fingerprint density at radius 3 is 2.76 bits per heavy atom. The van der Waals surface area contributed by atoms with Crippen LogP contribution in [0.2, 0.25) is 0 Å². The third-order valence-corrected chi connectivity index (χ3v) is 8.97. The number of likely N-dealkylation sites (tertiary alicyclic amines) is 1. The van der Waals surface area contributed by atoms with Crippen LogP contribution in [0.1, 0.15) is 24.8 Å². The van der Waals surface area contributed by atoms with Crippen molar-refractivity contribution >= 4 is 61.2 Å². The topological polar surface area (TPSA) is 162 Å². The molecule has 14 heteroatoms. The molecule has 0 bridgehead atoms. The number of carbonyl (C=O) groups excluding carboxylic acids is 1.